The molecule has 1 unspecified atom stereocenters. The van der Waals surface area contributed by atoms with Gasteiger partial charge in [-0.05, 0) is 41.5 Å². The zero-order chi connectivity index (χ0) is 23.6. The zero-order valence-electron chi connectivity index (χ0n) is 17.7. The molecule has 33 heavy (non-hydrogen) atoms. The van der Waals surface area contributed by atoms with Crippen LogP contribution in [0.4, 0.5) is 0 Å². The number of nitrogens with one attached hydrogen (secondary N) is 2. The van der Waals surface area contributed by atoms with E-state index in [1.54, 1.807) is 6.07 Å². The Bertz CT molecular complexity index is 1430. The first-order valence-electron chi connectivity index (χ1n) is 10.1. The zero-order valence-corrected chi connectivity index (χ0v) is 19.3. The van der Waals surface area contributed by atoms with Gasteiger partial charge in [0.25, 0.3) is 5.91 Å². The van der Waals surface area contributed by atoms with Gasteiger partial charge in [0.05, 0.1) is 17.6 Å². The number of para-hydroxylation sites is 1. The number of aromatic amines is 1. The summed E-state index contributed by atoms with van der Waals surface area (Å²) >= 11 is 6.51. The highest BCUT2D eigenvalue weighted by atomic mass is 35.5. The predicted octanol–water partition coefficient (Wildman–Crippen LogP) is 4.04. The van der Waals surface area contributed by atoms with Crippen LogP contribution < -0.4 is 15.2 Å². The van der Waals surface area contributed by atoms with Gasteiger partial charge in [0.1, 0.15) is 5.75 Å². The van der Waals surface area contributed by atoms with Crippen molar-refractivity contribution in [2.75, 3.05) is 13.7 Å². The lowest BCUT2D eigenvalue weighted by Crippen LogP contribution is -2.29. The number of halogens is 1. The third-order valence-electron chi connectivity index (χ3n) is 5.49. The predicted molar refractivity (Wildman–Crippen MR) is 128 cm³/mol. The van der Waals surface area contributed by atoms with Gasteiger partial charge < -0.3 is 15.0 Å². The minimum absolute atomic E-state index is 0.0702. The molecule has 0 bridgehead atoms. The molecule has 0 radical (unpaired) electrons. The lowest BCUT2D eigenvalue weighted by atomic mass is 9.90. The van der Waals surface area contributed by atoms with Crippen LogP contribution in [0.2, 0.25) is 5.02 Å². The average Bonchev–Trinajstić information content (AvgIpc) is 3.23. The van der Waals surface area contributed by atoms with E-state index in [1.165, 1.54) is 25.3 Å². The van der Waals surface area contributed by atoms with Gasteiger partial charge in [-0.25, -0.2) is 13.6 Å². The van der Waals surface area contributed by atoms with Crippen LogP contribution in [0.25, 0.3) is 10.9 Å². The summed E-state index contributed by atoms with van der Waals surface area (Å²) in [6.45, 7) is 0.215. The van der Waals surface area contributed by atoms with Crippen LogP contribution in [0.15, 0.2) is 77.8 Å². The Morgan fingerprint density at radius 1 is 1.09 bits per heavy atom. The van der Waals surface area contributed by atoms with Gasteiger partial charge in [0.2, 0.25) is 10.0 Å². The van der Waals surface area contributed by atoms with Gasteiger partial charge in [0, 0.05) is 34.6 Å². The van der Waals surface area contributed by atoms with E-state index >= 15 is 0 Å². The Hall–Kier alpha value is -3.33. The van der Waals surface area contributed by atoms with E-state index in [0.29, 0.717) is 5.02 Å². The fourth-order valence-electron chi connectivity index (χ4n) is 3.86. The highest BCUT2D eigenvalue weighted by molar-refractivity contribution is 7.89. The number of rotatable bonds is 7. The summed E-state index contributed by atoms with van der Waals surface area (Å²) in [4.78, 5) is 16.2. The number of aromatic nitrogens is 1. The summed E-state index contributed by atoms with van der Waals surface area (Å²) in [5, 5.41) is 9.73. The number of sulfonamides is 1. The van der Waals surface area contributed by atoms with Crippen molar-refractivity contribution in [2.24, 2.45) is 5.14 Å². The third-order valence-corrected chi connectivity index (χ3v) is 6.74. The maximum absolute atomic E-state index is 13.1. The molecule has 0 aliphatic rings. The second-order valence-corrected chi connectivity index (χ2v) is 9.45. The number of carbonyl (C=O) groups excluding carboxylic acids is 1. The largest absolute Gasteiger partial charge is 0.496 e. The molecule has 0 fully saturated rings. The summed E-state index contributed by atoms with van der Waals surface area (Å²) in [7, 11) is -2.58. The van der Waals surface area contributed by atoms with Gasteiger partial charge in [-0.15, -0.1) is 0 Å². The lowest BCUT2D eigenvalue weighted by Gasteiger charge is -2.20. The number of hydrogen-bond acceptors (Lipinski definition) is 4. The number of amides is 1. The Morgan fingerprint density at radius 2 is 1.82 bits per heavy atom. The van der Waals surface area contributed by atoms with Crippen LogP contribution >= 0.6 is 11.6 Å². The van der Waals surface area contributed by atoms with Gasteiger partial charge in [-0.3, -0.25) is 4.79 Å². The minimum atomic E-state index is -3.98. The lowest BCUT2D eigenvalue weighted by molar-refractivity contribution is 0.0949. The molecule has 1 heterocycles. The minimum Gasteiger partial charge on any atom is -0.496 e. The number of hydrogen-bond donors (Lipinski definition) is 3. The Kier molecular flexibility index (Phi) is 6.42. The Morgan fingerprint density at radius 3 is 2.55 bits per heavy atom. The number of methoxy groups -OCH3 is 1. The molecule has 9 heteroatoms. The summed E-state index contributed by atoms with van der Waals surface area (Å²) in [5.41, 5.74) is 2.87. The number of H-pyrrole nitrogens is 1. The van der Waals surface area contributed by atoms with Crippen LogP contribution in [-0.2, 0) is 10.0 Å². The van der Waals surface area contributed by atoms with Crippen molar-refractivity contribution in [3.05, 3.63) is 94.6 Å². The maximum Gasteiger partial charge on any atom is 0.255 e. The SMILES string of the molecule is COc1ccc(S(N)(=O)=O)cc1C(=O)NCC(c1ccccc1Cl)c1c[nH]c2ccccc12. The van der Waals surface area contributed by atoms with Gasteiger partial charge in [0.15, 0.2) is 0 Å². The van der Waals surface area contributed by atoms with Gasteiger partial charge in [-0.1, -0.05) is 48.0 Å². The van der Waals surface area contributed by atoms with Crippen LogP contribution in [0, 0.1) is 0 Å². The van der Waals surface area contributed by atoms with Gasteiger partial charge in [-0.2, -0.15) is 0 Å². The van der Waals surface area contributed by atoms with Crippen LogP contribution in [0.5, 0.6) is 5.75 Å². The van der Waals surface area contributed by atoms with E-state index in [-0.39, 0.29) is 28.7 Å². The third kappa shape index (κ3) is 4.73. The molecule has 1 amide bonds. The quantitative estimate of drug-likeness (QED) is 0.368. The molecule has 0 saturated heterocycles. The van der Waals surface area contributed by atoms with Crippen LogP contribution in [0.3, 0.4) is 0 Å². The van der Waals surface area contributed by atoms with Crippen molar-refractivity contribution in [3.63, 3.8) is 0 Å². The molecule has 4 aromatic rings. The monoisotopic (exact) mass is 483 g/mol. The number of carbonyl (C=O) groups is 1. The standard InChI is InChI=1S/C24H22ClN3O4S/c1-32-23-11-10-15(33(26,30)31)12-18(23)24(29)28-14-19(16-6-2-4-8-21(16)25)20-13-27-22-9-5-3-7-17(20)22/h2-13,19,27H,14H2,1H3,(H,28,29)(H2,26,30,31). The second kappa shape index (κ2) is 9.27. The second-order valence-electron chi connectivity index (χ2n) is 7.48. The highest BCUT2D eigenvalue weighted by Gasteiger charge is 2.23. The van der Waals surface area contributed by atoms with Crippen molar-refractivity contribution in [1.82, 2.24) is 10.3 Å². The Balaban J connectivity index is 1.70. The number of benzene rings is 3. The topological polar surface area (TPSA) is 114 Å². The van der Waals surface area contributed by atoms with Gasteiger partial charge >= 0.3 is 0 Å². The number of primary sulfonamides is 1. The molecular weight excluding hydrogens is 462 g/mol. The first-order valence-corrected chi connectivity index (χ1v) is 12.0. The van der Waals surface area contributed by atoms with Crippen LogP contribution in [0.1, 0.15) is 27.4 Å². The molecule has 0 saturated carbocycles. The molecule has 0 aliphatic heterocycles. The maximum atomic E-state index is 13.1. The number of fused-ring (bicyclic) bond motifs is 1. The first kappa shape index (κ1) is 22.8. The van der Waals surface area contributed by atoms with Crippen molar-refractivity contribution in [1.29, 1.82) is 0 Å². The molecule has 170 valence electrons. The summed E-state index contributed by atoms with van der Waals surface area (Å²) < 4.78 is 28.8. The molecule has 1 atom stereocenters. The van der Waals surface area contributed by atoms with E-state index < -0.39 is 15.9 Å². The van der Waals surface area contributed by atoms with E-state index in [4.69, 9.17) is 21.5 Å². The highest BCUT2D eigenvalue weighted by Crippen LogP contribution is 2.34. The van der Waals surface area contributed by atoms with E-state index in [9.17, 15) is 13.2 Å². The van der Waals surface area contributed by atoms with Crippen molar-refractivity contribution >= 4 is 38.4 Å². The van der Waals surface area contributed by atoms with Crippen LogP contribution in [-0.4, -0.2) is 33.0 Å². The normalized spacial score (nSPS) is 12.5. The summed E-state index contributed by atoms with van der Waals surface area (Å²) in [5.74, 6) is -0.512. The number of ether oxygens (including phenoxy) is 1. The van der Waals surface area contributed by atoms with E-state index in [1.807, 2.05) is 48.7 Å². The Labute approximate surface area is 196 Å². The van der Waals surface area contributed by atoms with Crippen molar-refractivity contribution in [2.45, 2.75) is 10.8 Å². The molecule has 0 spiro atoms. The van der Waals surface area contributed by atoms with Crippen molar-refractivity contribution in [3.8, 4) is 5.75 Å². The molecular formula is C24H22ClN3O4S. The van der Waals surface area contributed by atoms with Crippen molar-refractivity contribution < 1.29 is 17.9 Å². The molecule has 4 rings (SSSR count). The molecule has 7 nitrogen and oxygen atoms in total. The number of nitrogens with two attached hydrogens (primary N) is 1. The van der Waals surface area contributed by atoms with E-state index in [2.05, 4.69) is 10.3 Å². The molecule has 4 N–H and O–H groups in total. The summed E-state index contributed by atoms with van der Waals surface area (Å²) in [6, 6.07) is 19.2. The van der Waals surface area contributed by atoms with E-state index in [0.717, 1.165) is 22.0 Å². The smallest absolute Gasteiger partial charge is 0.255 e. The molecule has 0 aliphatic carbocycles. The average molecular weight is 484 g/mol. The summed E-state index contributed by atoms with van der Waals surface area (Å²) in [6.07, 6.45) is 1.91. The fourth-order valence-corrected chi connectivity index (χ4v) is 4.67. The first-order chi connectivity index (χ1) is 15.8. The molecule has 3 aromatic carbocycles. The fraction of sp³-hybridized carbons (Fsp3) is 0.125. The molecule has 1 aromatic heterocycles.